The topological polar surface area (TPSA) is 43.2 Å². The zero-order chi connectivity index (χ0) is 16.1. The smallest absolute Gasteiger partial charge is 0.165 e. The molecule has 1 fully saturated rings. The van der Waals surface area contributed by atoms with Crippen molar-refractivity contribution >= 4 is 0 Å². The molecule has 0 unspecified atom stereocenters. The van der Waals surface area contributed by atoms with Gasteiger partial charge in [-0.25, -0.2) is 4.39 Å². The van der Waals surface area contributed by atoms with Crippen LogP contribution in [0.15, 0.2) is 30.6 Å². The van der Waals surface area contributed by atoms with Crippen molar-refractivity contribution in [2.75, 3.05) is 26.2 Å². The van der Waals surface area contributed by atoms with Crippen LogP contribution in [-0.4, -0.2) is 45.9 Å². The van der Waals surface area contributed by atoms with Gasteiger partial charge in [0.2, 0.25) is 0 Å². The first-order chi connectivity index (χ1) is 11.2. The molecule has 1 aliphatic rings. The average molecular weight is 318 g/mol. The quantitative estimate of drug-likeness (QED) is 0.821. The molecule has 1 aliphatic heterocycles. The lowest BCUT2D eigenvalue weighted by Crippen LogP contribution is -2.39. The molecule has 0 bridgehead atoms. The number of rotatable bonds is 6. The molecule has 2 aromatic rings. The highest BCUT2D eigenvalue weighted by atomic mass is 19.1. The normalized spacial score (nSPS) is 19.0. The van der Waals surface area contributed by atoms with Gasteiger partial charge in [-0.15, -0.1) is 10.2 Å². The van der Waals surface area contributed by atoms with Gasteiger partial charge in [-0.2, -0.15) is 0 Å². The number of hydrogen-bond donors (Lipinski definition) is 0. The second kappa shape index (κ2) is 7.55. The van der Waals surface area contributed by atoms with Gasteiger partial charge in [0.25, 0.3) is 0 Å². The molecule has 23 heavy (non-hydrogen) atoms. The fourth-order valence-corrected chi connectivity index (χ4v) is 3.04. The van der Waals surface area contributed by atoms with Gasteiger partial charge in [-0.1, -0.05) is 12.1 Å². The Bertz CT molecular complexity index is 631. The third kappa shape index (κ3) is 4.28. The maximum atomic E-state index is 13.6. The SMILES string of the molecule is Cc1nncn1CCN1CCC[C@H](COc2ccccc2F)C1. The minimum absolute atomic E-state index is 0.289. The molecule has 124 valence electrons. The average Bonchev–Trinajstić information content (AvgIpc) is 2.98. The number of nitrogens with zero attached hydrogens (tertiary/aromatic N) is 4. The number of hydrogen-bond acceptors (Lipinski definition) is 4. The van der Waals surface area contributed by atoms with Crippen molar-refractivity contribution in [2.45, 2.75) is 26.3 Å². The molecule has 0 radical (unpaired) electrons. The molecule has 0 saturated carbocycles. The van der Waals surface area contributed by atoms with Crippen molar-refractivity contribution in [3.63, 3.8) is 0 Å². The minimum Gasteiger partial charge on any atom is -0.490 e. The van der Waals surface area contributed by atoms with Gasteiger partial charge in [0.05, 0.1) is 6.61 Å². The molecule has 1 atom stereocenters. The van der Waals surface area contributed by atoms with Crippen molar-refractivity contribution in [1.29, 1.82) is 0 Å². The fourth-order valence-electron chi connectivity index (χ4n) is 3.04. The predicted molar refractivity (Wildman–Crippen MR) is 85.8 cm³/mol. The Labute approximate surface area is 136 Å². The fraction of sp³-hybridized carbons (Fsp3) is 0.529. The molecule has 0 N–H and O–H groups in total. The van der Waals surface area contributed by atoms with Gasteiger partial charge in [0.1, 0.15) is 12.2 Å². The number of halogens is 1. The molecule has 6 heteroatoms. The predicted octanol–water partition coefficient (Wildman–Crippen LogP) is 2.52. The van der Waals surface area contributed by atoms with E-state index in [2.05, 4.69) is 19.7 Å². The lowest BCUT2D eigenvalue weighted by Gasteiger charge is -2.32. The van der Waals surface area contributed by atoms with Crippen LogP contribution in [-0.2, 0) is 6.54 Å². The third-order valence-electron chi connectivity index (χ3n) is 4.38. The Morgan fingerprint density at radius 2 is 2.17 bits per heavy atom. The van der Waals surface area contributed by atoms with Crippen molar-refractivity contribution < 1.29 is 9.13 Å². The molecule has 1 saturated heterocycles. The van der Waals surface area contributed by atoms with Crippen LogP contribution >= 0.6 is 0 Å². The lowest BCUT2D eigenvalue weighted by molar-refractivity contribution is 0.125. The molecule has 1 aromatic heterocycles. The van der Waals surface area contributed by atoms with Crippen molar-refractivity contribution in [2.24, 2.45) is 5.92 Å². The van der Waals surface area contributed by atoms with Crippen molar-refractivity contribution in [3.8, 4) is 5.75 Å². The van der Waals surface area contributed by atoms with Crippen LogP contribution < -0.4 is 4.74 Å². The molecule has 0 aliphatic carbocycles. The lowest BCUT2D eigenvalue weighted by atomic mass is 9.99. The van der Waals surface area contributed by atoms with Gasteiger partial charge in [0.15, 0.2) is 11.6 Å². The van der Waals surface area contributed by atoms with Gasteiger partial charge >= 0.3 is 0 Å². The Kier molecular flexibility index (Phi) is 5.23. The zero-order valence-corrected chi connectivity index (χ0v) is 13.5. The van der Waals surface area contributed by atoms with Crippen LogP contribution in [0.4, 0.5) is 4.39 Å². The van der Waals surface area contributed by atoms with Crippen LogP contribution in [0.1, 0.15) is 18.7 Å². The molecular weight excluding hydrogens is 295 g/mol. The highest BCUT2D eigenvalue weighted by Gasteiger charge is 2.20. The van der Waals surface area contributed by atoms with E-state index < -0.39 is 0 Å². The van der Waals surface area contributed by atoms with Crippen LogP contribution in [0.5, 0.6) is 5.75 Å². The summed E-state index contributed by atoms with van der Waals surface area (Å²) in [7, 11) is 0. The molecule has 0 spiro atoms. The summed E-state index contributed by atoms with van der Waals surface area (Å²) >= 11 is 0. The molecule has 2 heterocycles. The van der Waals surface area contributed by atoms with E-state index in [0.29, 0.717) is 18.3 Å². The Morgan fingerprint density at radius 3 is 2.96 bits per heavy atom. The first-order valence-electron chi connectivity index (χ1n) is 8.16. The van der Waals surface area contributed by atoms with Crippen LogP contribution in [0, 0.1) is 18.7 Å². The van der Waals surface area contributed by atoms with E-state index in [1.54, 1.807) is 24.5 Å². The Morgan fingerprint density at radius 1 is 1.30 bits per heavy atom. The van der Waals surface area contributed by atoms with Gasteiger partial charge in [-0.3, -0.25) is 0 Å². The highest BCUT2D eigenvalue weighted by Crippen LogP contribution is 2.20. The number of ether oxygens (including phenoxy) is 1. The number of para-hydroxylation sites is 1. The number of piperidine rings is 1. The summed E-state index contributed by atoms with van der Waals surface area (Å²) in [5, 5.41) is 7.92. The summed E-state index contributed by atoms with van der Waals surface area (Å²) < 4.78 is 21.3. The summed E-state index contributed by atoms with van der Waals surface area (Å²) in [5.41, 5.74) is 0. The maximum absolute atomic E-state index is 13.6. The summed E-state index contributed by atoms with van der Waals surface area (Å²) in [6.07, 6.45) is 4.07. The number of likely N-dealkylation sites (tertiary alicyclic amines) is 1. The number of aryl methyl sites for hydroxylation is 1. The van der Waals surface area contributed by atoms with Gasteiger partial charge in [0, 0.05) is 25.6 Å². The molecule has 5 nitrogen and oxygen atoms in total. The van der Waals surface area contributed by atoms with Gasteiger partial charge < -0.3 is 14.2 Å². The van der Waals surface area contributed by atoms with E-state index in [9.17, 15) is 4.39 Å². The number of benzene rings is 1. The largest absolute Gasteiger partial charge is 0.490 e. The van der Waals surface area contributed by atoms with E-state index >= 15 is 0 Å². The van der Waals surface area contributed by atoms with E-state index in [0.717, 1.165) is 44.8 Å². The third-order valence-corrected chi connectivity index (χ3v) is 4.38. The molecular formula is C17H23FN4O. The minimum atomic E-state index is -0.289. The molecule has 1 aromatic carbocycles. The van der Waals surface area contributed by atoms with E-state index in [1.807, 2.05) is 6.92 Å². The standard InChI is InChI=1S/C17H23FN4O/c1-14-20-19-13-22(14)10-9-21-8-4-5-15(11-21)12-23-17-7-3-2-6-16(17)18/h2-3,6-7,13,15H,4-5,8-12H2,1H3/t15-/m0/s1. The van der Waals surface area contributed by atoms with E-state index in [4.69, 9.17) is 4.74 Å². The van der Waals surface area contributed by atoms with Crippen LogP contribution in [0.25, 0.3) is 0 Å². The zero-order valence-electron chi connectivity index (χ0n) is 13.5. The summed E-state index contributed by atoms with van der Waals surface area (Å²) in [5.74, 6) is 1.46. The number of aromatic nitrogens is 3. The first-order valence-corrected chi connectivity index (χ1v) is 8.16. The summed E-state index contributed by atoms with van der Waals surface area (Å²) in [6.45, 7) is 6.53. The Hall–Kier alpha value is -1.95. The monoisotopic (exact) mass is 318 g/mol. The first kappa shape index (κ1) is 15.9. The summed E-state index contributed by atoms with van der Waals surface area (Å²) in [4.78, 5) is 2.44. The van der Waals surface area contributed by atoms with Crippen LogP contribution in [0.2, 0.25) is 0 Å². The van der Waals surface area contributed by atoms with Gasteiger partial charge in [-0.05, 0) is 38.4 Å². The highest BCUT2D eigenvalue weighted by molar-refractivity contribution is 5.23. The maximum Gasteiger partial charge on any atom is 0.165 e. The van der Waals surface area contributed by atoms with E-state index in [-0.39, 0.29) is 5.82 Å². The second-order valence-corrected chi connectivity index (χ2v) is 6.12. The molecule has 0 amide bonds. The summed E-state index contributed by atoms with van der Waals surface area (Å²) in [6, 6.07) is 6.60. The van der Waals surface area contributed by atoms with Crippen molar-refractivity contribution in [1.82, 2.24) is 19.7 Å². The second-order valence-electron chi connectivity index (χ2n) is 6.12. The van der Waals surface area contributed by atoms with Crippen molar-refractivity contribution in [3.05, 3.63) is 42.2 Å². The Balaban J connectivity index is 1.46. The molecule has 3 rings (SSSR count). The van der Waals surface area contributed by atoms with E-state index in [1.165, 1.54) is 6.07 Å². The van der Waals surface area contributed by atoms with Crippen LogP contribution in [0.3, 0.4) is 0 Å².